The van der Waals surface area contributed by atoms with Gasteiger partial charge in [-0.1, -0.05) is 0 Å². The third-order valence-electron chi connectivity index (χ3n) is 4.56. The zero-order chi connectivity index (χ0) is 16.2. The van der Waals surface area contributed by atoms with Crippen molar-refractivity contribution in [2.45, 2.75) is 25.9 Å². The van der Waals surface area contributed by atoms with E-state index in [-0.39, 0.29) is 0 Å². The first-order chi connectivity index (χ1) is 11.2. The molecule has 5 heteroatoms. The standard InChI is InChI=1S/C18H24N4O/c1-14-11-20-15(10-18(14)23-3)12-21(2)17-6-9-22(13-17)16-4-7-19-8-5-16/h4-5,7-8,10-11,17H,6,9,12-13H2,1-3H3. The van der Waals surface area contributed by atoms with E-state index in [4.69, 9.17) is 4.74 Å². The summed E-state index contributed by atoms with van der Waals surface area (Å²) in [4.78, 5) is 13.4. The Morgan fingerprint density at radius 2 is 2.13 bits per heavy atom. The van der Waals surface area contributed by atoms with Crippen molar-refractivity contribution in [3.05, 3.63) is 48.0 Å². The molecule has 0 amide bonds. The van der Waals surface area contributed by atoms with Crippen molar-refractivity contribution in [2.75, 3.05) is 32.1 Å². The van der Waals surface area contributed by atoms with Crippen LogP contribution in [-0.2, 0) is 6.54 Å². The summed E-state index contributed by atoms with van der Waals surface area (Å²) < 4.78 is 5.39. The van der Waals surface area contributed by atoms with Crippen LogP contribution < -0.4 is 9.64 Å². The maximum atomic E-state index is 5.39. The van der Waals surface area contributed by atoms with E-state index in [0.29, 0.717) is 6.04 Å². The Morgan fingerprint density at radius 1 is 1.35 bits per heavy atom. The first-order valence-electron chi connectivity index (χ1n) is 8.02. The van der Waals surface area contributed by atoms with Crippen LogP contribution in [0.2, 0.25) is 0 Å². The van der Waals surface area contributed by atoms with Gasteiger partial charge in [0.2, 0.25) is 0 Å². The summed E-state index contributed by atoms with van der Waals surface area (Å²) in [5, 5.41) is 0. The summed E-state index contributed by atoms with van der Waals surface area (Å²) in [5.41, 5.74) is 3.38. The molecule has 1 atom stereocenters. The van der Waals surface area contributed by atoms with Crippen molar-refractivity contribution in [3.8, 4) is 5.75 Å². The molecule has 0 aromatic carbocycles. The molecule has 3 heterocycles. The molecule has 0 saturated carbocycles. The van der Waals surface area contributed by atoms with Crippen molar-refractivity contribution in [1.29, 1.82) is 0 Å². The van der Waals surface area contributed by atoms with Crippen LogP contribution in [0.1, 0.15) is 17.7 Å². The number of likely N-dealkylation sites (N-methyl/N-ethyl adjacent to an activating group) is 1. The topological polar surface area (TPSA) is 41.5 Å². The molecule has 1 saturated heterocycles. The Bertz CT molecular complexity index is 647. The van der Waals surface area contributed by atoms with Gasteiger partial charge in [-0.15, -0.1) is 0 Å². The minimum atomic E-state index is 0.539. The Morgan fingerprint density at radius 3 is 2.87 bits per heavy atom. The number of ether oxygens (including phenoxy) is 1. The first-order valence-corrected chi connectivity index (χ1v) is 8.02. The summed E-state index contributed by atoms with van der Waals surface area (Å²) in [7, 11) is 3.88. The molecular weight excluding hydrogens is 288 g/mol. The van der Waals surface area contributed by atoms with Gasteiger partial charge in [0.05, 0.1) is 12.8 Å². The molecule has 2 aromatic rings. The van der Waals surface area contributed by atoms with Gasteiger partial charge in [-0.25, -0.2) is 0 Å². The van der Waals surface area contributed by atoms with Crippen LogP contribution in [0.15, 0.2) is 36.8 Å². The highest BCUT2D eigenvalue weighted by Crippen LogP contribution is 2.23. The molecule has 3 rings (SSSR count). The van der Waals surface area contributed by atoms with Crippen molar-refractivity contribution in [2.24, 2.45) is 0 Å². The molecule has 0 bridgehead atoms. The second kappa shape index (κ2) is 6.96. The lowest BCUT2D eigenvalue weighted by molar-refractivity contribution is 0.247. The summed E-state index contributed by atoms with van der Waals surface area (Å²) in [6, 6.07) is 6.74. The van der Waals surface area contributed by atoms with Gasteiger partial charge in [0.1, 0.15) is 5.75 Å². The second-order valence-corrected chi connectivity index (χ2v) is 6.15. The van der Waals surface area contributed by atoms with E-state index in [1.54, 1.807) is 7.11 Å². The predicted molar refractivity (Wildman–Crippen MR) is 91.8 cm³/mol. The van der Waals surface area contributed by atoms with Crippen LogP contribution in [0, 0.1) is 6.92 Å². The van der Waals surface area contributed by atoms with Crippen LogP contribution in [0.25, 0.3) is 0 Å². The van der Waals surface area contributed by atoms with E-state index >= 15 is 0 Å². The Labute approximate surface area is 137 Å². The van der Waals surface area contributed by atoms with Crippen LogP contribution in [0.4, 0.5) is 5.69 Å². The molecular formula is C18H24N4O. The highest BCUT2D eigenvalue weighted by atomic mass is 16.5. The quantitative estimate of drug-likeness (QED) is 0.848. The summed E-state index contributed by atoms with van der Waals surface area (Å²) in [5.74, 6) is 0.910. The number of methoxy groups -OCH3 is 1. The molecule has 1 aliphatic heterocycles. The minimum absolute atomic E-state index is 0.539. The summed E-state index contributed by atoms with van der Waals surface area (Å²) >= 11 is 0. The Balaban J connectivity index is 1.62. The largest absolute Gasteiger partial charge is 0.496 e. The highest BCUT2D eigenvalue weighted by molar-refractivity contribution is 5.45. The third-order valence-corrected chi connectivity index (χ3v) is 4.56. The van der Waals surface area contributed by atoms with Crippen LogP contribution in [0.3, 0.4) is 0 Å². The van der Waals surface area contributed by atoms with E-state index < -0.39 is 0 Å². The van der Waals surface area contributed by atoms with Gasteiger partial charge in [-0.05, 0) is 32.5 Å². The average Bonchev–Trinajstić information content (AvgIpc) is 3.07. The van der Waals surface area contributed by atoms with Crippen molar-refractivity contribution in [3.63, 3.8) is 0 Å². The number of aryl methyl sites for hydroxylation is 1. The molecule has 0 radical (unpaired) electrons. The van der Waals surface area contributed by atoms with Crippen LogP contribution in [-0.4, -0.2) is 48.2 Å². The lowest BCUT2D eigenvalue weighted by Gasteiger charge is -2.25. The molecule has 1 aliphatic rings. The van der Waals surface area contributed by atoms with Gasteiger partial charge >= 0.3 is 0 Å². The first kappa shape index (κ1) is 15.7. The summed E-state index contributed by atoms with van der Waals surface area (Å²) in [6.07, 6.45) is 6.77. The van der Waals surface area contributed by atoms with Gasteiger partial charge in [-0.2, -0.15) is 0 Å². The molecule has 1 fully saturated rings. The van der Waals surface area contributed by atoms with E-state index in [1.807, 2.05) is 31.6 Å². The molecule has 23 heavy (non-hydrogen) atoms. The number of hydrogen-bond donors (Lipinski definition) is 0. The number of rotatable bonds is 5. The number of anilines is 1. The highest BCUT2D eigenvalue weighted by Gasteiger charge is 2.26. The predicted octanol–water partition coefficient (Wildman–Crippen LogP) is 2.50. The van der Waals surface area contributed by atoms with Crippen LogP contribution >= 0.6 is 0 Å². The van der Waals surface area contributed by atoms with E-state index in [9.17, 15) is 0 Å². The molecule has 0 spiro atoms. The monoisotopic (exact) mass is 312 g/mol. The minimum Gasteiger partial charge on any atom is -0.496 e. The Kier molecular flexibility index (Phi) is 4.76. The van der Waals surface area contributed by atoms with Crippen LogP contribution in [0.5, 0.6) is 5.75 Å². The zero-order valence-electron chi connectivity index (χ0n) is 14.1. The van der Waals surface area contributed by atoms with Gasteiger partial charge in [-0.3, -0.25) is 14.9 Å². The molecule has 0 aliphatic carbocycles. The summed E-state index contributed by atoms with van der Waals surface area (Å²) in [6.45, 7) is 4.99. The smallest absolute Gasteiger partial charge is 0.125 e. The Hall–Kier alpha value is -2.14. The normalized spacial score (nSPS) is 17.7. The fourth-order valence-electron chi connectivity index (χ4n) is 3.13. The molecule has 2 aromatic heterocycles. The van der Waals surface area contributed by atoms with Gasteiger partial charge in [0.25, 0.3) is 0 Å². The second-order valence-electron chi connectivity index (χ2n) is 6.15. The lowest BCUT2D eigenvalue weighted by atomic mass is 10.2. The number of hydrogen-bond acceptors (Lipinski definition) is 5. The number of aromatic nitrogens is 2. The van der Waals surface area contributed by atoms with Gasteiger partial charge in [0, 0.05) is 61.6 Å². The maximum Gasteiger partial charge on any atom is 0.125 e. The third kappa shape index (κ3) is 3.62. The molecule has 122 valence electrons. The molecule has 5 nitrogen and oxygen atoms in total. The van der Waals surface area contributed by atoms with E-state index in [1.165, 1.54) is 12.1 Å². The number of pyridine rings is 2. The van der Waals surface area contributed by atoms with E-state index in [2.05, 4.69) is 38.9 Å². The SMILES string of the molecule is COc1cc(CN(C)C2CCN(c3ccncc3)C2)ncc1C. The molecule has 0 N–H and O–H groups in total. The fourth-order valence-corrected chi connectivity index (χ4v) is 3.13. The van der Waals surface area contributed by atoms with E-state index in [0.717, 1.165) is 36.6 Å². The molecule has 1 unspecified atom stereocenters. The number of nitrogens with zero attached hydrogens (tertiary/aromatic N) is 4. The van der Waals surface area contributed by atoms with Gasteiger partial charge in [0.15, 0.2) is 0 Å². The van der Waals surface area contributed by atoms with Crippen molar-refractivity contribution >= 4 is 5.69 Å². The van der Waals surface area contributed by atoms with Gasteiger partial charge < -0.3 is 9.64 Å². The van der Waals surface area contributed by atoms with Crippen molar-refractivity contribution in [1.82, 2.24) is 14.9 Å². The zero-order valence-corrected chi connectivity index (χ0v) is 14.1. The lowest BCUT2D eigenvalue weighted by Crippen LogP contribution is -2.34. The maximum absolute atomic E-state index is 5.39. The average molecular weight is 312 g/mol. The fraction of sp³-hybridized carbons (Fsp3) is 0.444. The van der Waals surface area contributed by atoms with Crippen molar-refractivity contribution < 1.29 is 4.74 Å².